The second-order valence-electron chi connectivity index (χ2n) is 3.38. The van der Waals surface area contributed by atoms with Crippen molar-refractivity contribution in [3.05, 3.63) is 51.5 Å². The molecular formula is C11H9BrClN3O. The van der Waals surface area contributed by atoms with E-state index in [1.807, 2.05) is 0 Å². The fourth-order valence-electron chi connectivity index (χ4n) is 1.32. The Morgan fingerprint density at radius 3 is 3.06 bits per heavy atom. The maximum atomic E-state index is 11.9. The van der Waals surface area contributed by atoms with Crippen molar-refractivity contribution in [3.8, 4) is 0 Å². The van der Waals surface area contributed by atoms with Crippen LogP contribution in [0, 0.1) is 0 Å². The molecule has 6 heteroatoms. The molecule has 0 saturated carbocycles. The first-order chi connectivity index (χ1) is 8.16. The molecule has 1 heterocycles. The van der Waals surface area contributed by atoms with E-state index in [2.05, 4.69) is 31.2 Å². The number of nitrogens with one attached hydrogen (secondary N) is 2. The van der Waals surface area contributed by atoms with Crippen molar-refractivity contribution < 1.29 is 4.79 Å². The summed E-state index contributed by atoms with van der Waals surface area (Å²) < 4.78 is 0.814. The summed E-state index contributed by atoms with van der Waals surface area (Å²) in [6, 6.07) is 5.15. The first-order valence-electron chi connectivity index (χ1n) is 4.87. The van der Waals surface area contributed by atoms with E-state index < -0.39 is 0 Å². The van der Waals surface area contributed by atoms with Crippen LogP contribution in [-0.4, -0.2) is 15.9 Å². The molecule has 0 radical (unpaired) electrons. The average molecular weight is 315 g/mol. The minimum absolute atomic E-state index is 0.217. The van der Waals surface area contributed by atoms with Crippen LogP contribution in [0.5, 0.6) is 0 Å². The van der Waals surface area contributed by atoms with Gasteiger partial charge in [-0.1, -0.05) is 27.5 Å². The summed E-state index contributed by atoms with van der Waals surface area (Å²) in [5.41, 5.74) is 1.28. The Kier molecular flexibility index (Phi) is 3.81. The van der Waals surface area contributed by atoms with Crippen molar-refractivity contribution >= 4 is 33.4 Å². The molecule has 0 bridgehead atoms. The molecule has 4 nitrogen and oxygen atoms in total. The second-order valence-corrected chi connectivity index (χ2v) is 4.71. The molecule has 2 N–H and O–H groups in total. The van der Waals surface area contributed by atoms with E-state index >= 15 is 0 Å². The zero-order valence-corrected chi connectivity index (χ0v) is 11.0. The third-order valence-corrected chi connectivity index (χ3v) is 2.99. The highest BCUT2D eigenvalue weighted by atomic mass is 79.9. The highest BCUT2D eigenvalue weighted by Gasteiger charge is 2.10. The molecule has 0 aliphatic rings. The predicted octanol–water partition coefficient (Wildman–Crippen LogP) is 2.76. The quantitative estimate of drug-likeness (QED) is 0.915. The number of hydrogen-bond donors (Lipinski definition) is 2. The van der Waals surface area contributed by atoms with Gasteiger partial charge in [-0.15, -0.1) is 0 Å². The number of benzene rings is 1. The van der Waals surface area contributed by atoms with Crippen LogP contribution in [0.3, 0.4) is 0 Å². The average Bonchev–Trinajstić information content (AvgIpc) is 2.82. The fourth-order valence-corrected chi connectivity index (χ4v) is 1.89. The minimum atomic E-state index is -0.217. The molecule has 17 heavy (non-hydrogen) atoms. The highest BCUT2D eigenvalue weighted by molar-refractivity contribution is 9.10. The Morgan fingerprint density at radius 2 is 2.35 bits per heavy atom. The van der Waals surface area contributed by atoms with E-state index in [0.29, 0.717) is 17.1 Å². The summed E-state index contributed by atoms with van der Waals surface area (Å²) in [6.07, 6.45) is 3.22. The van der Waals surface area contributed by atoms with E-state index in [4.69, 9.17) is 11.6 Å². The molecule has 0 atom stereocenters. The largest absolute Gasteiger partial charge is 0.347 e. The van der Waals surface area contributed by atoms with Crippen LogP contribution in [0.2, 0.25) is 5.02 Å². The number of aromatic nitrogens is 2. The molecule has 0 unspecified atom stereocenters. The van der Waals surface area contributed by atoms with E-state index in [1.54, 1.807) is 30.7 Å². The number of nitrogens with zero attached hydrogens (tertiary/aromatic N) is 1. The number of carbonyl (C=O) groups excluding carboxylic acids is 1. The van der Waals surface area contributed by atoms with Gasteiger partial charge in [-0.3, -0.25) is 4.79 Å². The van der Waals surface area contributed by atoms with Gasteiger partial charge in [0.15, 0.2) is 0 Å². The van der Waals surface area contributed by atoms with Gasteiger partial charge >= 0.3 is 0 Å². The first-order valence-corrected chi connectivity index (χ1v) is 6.04. The Hall–Kier alpha value is -1.33. The Bertz CT molecular complexity index is 528. The molecule has 1 aromatic carbocycles. The summed E-state index contributed by atoms with van der Waals surface area (Å²) in [4.78, 5) is 18.6. The van der Waals surface area contributed by atoms with Crippen molar-refractivity contribution in [2.45, 2.75) is 6.54 Å². The lowest BCUT2D eigenvalue weighted by molar-refractivity contribution is 0.0950. The third-order valence-electron chi connectivity index (χ3n) is 2.17. The van der Waals surface area contributed by atoms with Crippen LogP contribution < -0.4 is 5.32 Å². The van der Waals surface area contributed by atoms with Gasteiger partial charge in [-0.2, -0.15) is 0 Å². The first kappa shape index (κ1) is 12.1. The van der Waals surface area contributed by atoms with Gasteiger partial charge in [0.05, 0.1) is 29.2 Å². The number of carbonyl (C=O) groups is 1. The summed E-state index contributed by atoms with van der Waals surface area (Å²) in [5.74, 6) is -0.217. The molecule has 2 rings (SSSR count). The maximum absolute atomic E-state index is 11.9. The molecular weight excluding hydrogens is 305 g/mol. The Labute approximate surface area is 112 Å². The predicted molar refractivity (Wildman–Crippen MR) is 68.9 cm³/mol. The summed E-state index contributed by atoms with van der Waals surface area (Å²) in [5, 5.41) is 3.18. The SMILES string of the molecule is O=C(NCc1cnc[nH]1)c1cc(Br)ccc1Cl. The minimum Gasteiger partial charge on any atom is -0.347 e. The van der Waals surface area contributed by atoms with E-state index in [9.17, 15) is 4.79 Å². The Morgan fingerprint density at radius 1 is 1.53 bits per heavy atom. The van der Waals surface area contributed by atoms with Crippen molar-refractivity contribution in [2.75, 3.05) is 0 Å². The van der Waals surface area contributed by atoms with E-state index in [0.717, 1.165) is 10.2 Å². The zero-order valence-electron chi connectivity index (χ0n) is 8.71. The van der Waals surface area contributed by atoms with Gasteiger partial charge in [0.2, 0.25) is 0 Å². The number of H-pyrrole nitrogens is 1. The molecule has 0 spiro atoms. The smallest absolute Gasteiger partial charge is 0.253 e. The van der Waals surface area contributed by atoms with Gasteiger partial charge in [-0.05, 0) is 18.2 Å². The van der Waals surface area contributed by atoms with Gasteiger partial charge in [-0.25, -0.2) is 4.98 Å². The standard InChI is InChI=1S/C11H9BrClN3O/c12-7-1-2-10(13)9(3-7)11(17)15-5-8-4-14-6-16-8/h1-4,6H,5H2,(H,14,16)(H,15,17). The molecule has 2 aromatic rings. The maximum Gasteiger partial charge on any atom is 0.253 e. The molecule has 0 fully saturated rings. The lowest BCUT2D eigenvalue weighted by Crippen LogP contribution is -2.23. The highest BCUT2D eigenvalue weighted by Crippen LogP contribution is 2.20. The van der Waals surface area contributed by atoms with Gasteiger partial charge in [0.25, 0.3) is 5.91 Å². The topological polar surface area (TPSA) is 57.8 Å². The van der Waals surface area contributed by atoms with E-state index in [-0.39, 0.29) is 5.91 Å². The van der Waals surface area contributed by atoms with Crippen molar-refractivity contribution in [3.63, 3.8) is 0 Å². The van der Waals surface area contributed by atoms with Crippen LogP contribution in [0.1, 0.15) is 16.1 Å². The van der Waals surface area contributed by atoms with Crippen molar-refractivity contribution in [1.82, 2.24) is 15.3 Å². The van der Waals surface area contributed by atoms with Gasteiger partial charge < -0.3 is 10.3 Å². The summed E-state index contributed by atoms with van der Waals surface area (Å²) >= 11 is 9.25. The number of aromatic amines is 1. The van der Waals surface area contributed by atoms with Crippen molar-refractivity contribution in [1.29, 1.82) is 0 Å². The third kappa shape index (κ3) is 3.08. The van der Waals surface area contributed by atoms with Crippen molar-refractivity contribution in [2.24, 2.45) is 0 Å². The van der Waals surface area contributed by atoms with Crippen LogP contribution in [0.25, 0.3) is 0 Å². The number of imidazole rings is 1. The lowest BCUT2D eigenvalue weighted by atomic mass is 10.2. The number of hydrogen-bond acceptors (Lipinski definition) is 2. The van der Waals surface area contributed by atoms with Crippen LogP contribution >= 0.6 is 27.5 Å². The normalized spacial score (nSPS) is 10.2. The molecule has 0 aliphatic heterocycles. The van der Waals surface area contributed by atoms with E-state index in [1.165, 1.54) is 0 Å². The lowest BCUT2D eigenvalue weighted by Gasteiger charge is -2.06. The molecule has 0 saturated heterocycles. The fraction of sp³-hybridized carbons (Fsp3) is 0.0909. The molecule has 88 valence electrons. The molecule has 0 aliphatic carbocycles. The molecule has 1 aromatic heterocycles. The van der Waals surface area contributed by atoms with Crippen LogP contribution in [0.4, 0.5) is 0 Å². The van der Waals surface area contributed by atoms with Crippen LogP contribution in [0.15, 0.2) is 35.2 Å². The zero-order chi connectivity index (χ0) is 12.3. The van der Waals surface area contributed by atoms with Crippen LogP contribution in [-0.2, 0) is 6.54 Å². The monoisotopic (exact) mass is 313 g/mol. The van der Waals surface area contributed by atoms with Gasteiger partial charge in [0, 0.05) is 10.7 Å². The molecule has 1 amide bonds. The number of halogens is 2. The second kappa shape index (κ2) is 5.33. The number of rotatable bonds is 3. The Balaban J connectivity index is 2.07. The summed E-state index contributed by atoms with van der Waals surface area (Å²) in [6.45, 7) is 0.391. The summed E-state index contributed by atoms with van der Waals surface area (Å²) in [7, 11) is 0. The van der Waals surface area contributed by atoms with Gasteiger partial charge in [0.1, 0.15) is 0 Å². The number of amides is 1.